The summed E-state index contributed by atoms with van der Waals surface area (Å²) in [6.45, 7) is 3.87. The van der Waals surface area contributed by atoms with Crippen molar-refractivity contribution < 1.29 is 24.3 Å². The van der Waals surface area contributed by atoms with Crippen molar-refractivity contribution in [1.82, 2.24) is 10.2 Å². The fraction of sp³-hybridized carbons (Fsp3) is 0.444. The van der Waals surface area contributed by atoms with Gasteiger partial charge in [0.1, 0.15) is 0 Å². The van der Waals surface area contributed by atoms with Gasteiger partial charge >= 0.3 is 5.97 Å². The number of likely N-dealkylation sites (N-methyl/N-ethyl adjacent to an activating group) is 1. The standard InChI is InChI=1S/C18H25N3O5/c1-3-18(20-12-22,16(25)14(19)10-15(23)24)17(26)21(4-2)11-13-8-6-5-7-9-13/h5-9,12,14H,3-4,10-11,19H2,1-2H3,(H,20,22)(H,23,24)/t14-,18-/m0/s1. The number of rotatable bonds is 11. The van der Waals surface area contributed by atoms with Gasteiger partial charge in [-0.1, -0.05) is 37.3 Å². The number of carbonyl (C=O) groups is 4. The van der Waals surface area contributed by atoms with E-state index in [-0.39, 0.29) is 19.4 Å². The summed E-state index contributed by atoms with van der Waals surface area (Å²) in [4.78, 5) is 49.3. The van der Waals surface area contributed by atoms with Crippen LogP contribution in [0.4, 0.5) is 0 Å². The van der Waals surface area contributed by atoms with Gasteiger partial charge in [-0.25, -0.2) is 0 Å². The Balaban J connectivity index is 3.18. The molecule has 0 spiro atoms. The van der Waals surface area contributed by atoms with Gasteiger partial charge in [-0.05, 0) is 18.9 Å². The molecule has 0 saturated carbocycles. The third-order valence-corrected chi connectivity index (χ3v) is 4.24. The molecule has 0 heterocycles. The molecule has 1 rings (SSSR count). The molecule has 2 amide bonds. The van der Waals surface area contributed by atoms with E-state index in [0.717, 1.165) is 5.56 Å². The summed E-state index contributed by atoms with van der Waals surface area (Å²) >= 11 is 0. The highest BCUT2D eigenvalue weighted by Gasteiger charge is 2.48. The third-order valence-electron chi connectivity index (χ3n) is 4.24. The summed E-state index contributed by atoms with van der Waals surface area (Å²) in [5.74, 6) is -2.68. The molecule has 0 fully saturated rings. The van der Waals surface area contributed by atoms with E-state index in [1.165, 1.54) is 4.90 Å². The van der Waals surface area contributed by atoms with Crippen molar-refractivity contribution in [3.8, 4) is 0 Å². The highest BCUT2D eigenvalue weighted by atomic mass is 16.4. The van der Waals surface area contributed by atoms with E-state index in [2.05, 4.69) is 5.32 Å². The topological polar surface area (TPSA) is 130 Å². The maximum absolute atomic E-state index is 13.1. The number of nitrogens with one attached hydrogen (secondary N) is 1. The second-order valence-corrected chi connectivity index (χ2v) is 5.89. The number of hydrogen-bond donors (Lipinski definition) is 3. The molecule has 0 saturated heterocycles. The van der Waals surface area contributed by atoms with Gasteiger partial charge in [-0.2, -0.15) is 0 Å². The van der Waals surface area contributed by atoms with Crippen molar-refractivity contribution in [3.63, 3.8) is 0 Å². The lowest BCUT2D eigenvalue weighted by Crippen LogP contribution is -2.65. The molecule has 0 aliphatic heterocycles. The van der Waals surface area contributed by atoms with Gasteiger partial charge in [0.25, 0.3) is 5.91 Å². The van der Waals surface area contributed by atoms with Crippen molar-refractivity contribution in [2.24, 2.45) is 5.73 Å². The summed E-state index contributed by atoms with van der Waals surface area (Å²) in [6.07, 6.45) is -0.398. The molecular weight excluding hydrogens is 338 g/mol. The Morgan fingerprint density at radius 1 is 1.27 bits per heavy atom. The number of hydrogen-bond acceptors (Lipinski definition) is 5. The van der Waals surface area contributed by atoms with E-state index >= 15 is 0 Å². The summed E-state index contributed by atoms with van der Waals surface area (Å²) in [6, 6.07) is 7.79. The fourth-order valence-corrected chi connectivity index (χ4v) is 2.76. The molecule has 1 aromatic rings. The number of ketones is 1. The van der Waals surface area contributed by atoms with Crippen LogP contribution in [0.15, 0.2) is 30.3 Å². The minimum Gasteiger partial charge on any atom is -0.481 e. The second kappa shape index (κ2) is 9.67. The lowest BCUT2D eigenvalue weighted by Gasteiger charge is -2.36. The van der Waals surface area contributed by atoms with Gasteiger partial charge in [0.05, 0.1) is 12.5 Å². The van der Waals surface area contributed by atoms with Gasteiger partial charge in [0.2, 0.25) is 6.41 Å². The molecule has 0 aromatic heterocycles. The van der Waals surface area contributed by atoms with Crippen molar-refractivity contribution >= 4 is 24.1 Å². The van der Waals surface area contributed by atoms with Gasteiger partial charge in [-0.15, -0.1) is 0 Å². The number of amides is 2. The van der Waals surface area contributed by atoms with E-state index in [1.807, 2.05) is 30.3 Å². The van der Waals surface area contributed by atoms with Crippen LogP contribution in [0.1, 0.15) is 32.3 Å². The summed E-state index contributed by atoms with van der Waals surface area (Å²) < 4.78 is 0. The molecule has 4 N–H and O–H groups in total. The van der Waals surface area contributed by atoms with E-state index in [9.17, 15) is 19.2 Å². The lowest BCUT2D eigenvalue weighted by molar-refractivity contribution is -0.149. The van der Waals surface area contributed by atoms with Crippen molar-refractivity contribution in [3.05, 3.63) is 35.9 Å². The zero-order valence-corrected chi connectivity index (χ0v) is 15.0. The fourth-order valence-electron chi connectivity index (χ4n) is 2.76. The summed E-state index contributed by atoms with van der Waals surface area (Å²) in [5, 5.41) is 11.2. The van der Waals surface area contributed by atoms with Crippen LogP contribution in [0.2, 0.25) is 0 Å². The van der Waals surface area contributed by atoms with Gasteiger partial charge in [0.15, 0.2) is 11.3 Å². The zero-order valence-electron chi connectivity index (χ0n) is 15.0. The molecule has 0 unspecified atom stereocenters. The Labute approximate surface area is 152 Å². The van der Waals surface area contributed by atoms with Gasteiger partial charge < -0.3 is 21.1 Å². The Morgan fingerprint density at radius 2 is 1.88 bits per heavy atom. The zero-order chi connectivity index (χ0) is 19.7. The number of benzene rings is 1. The number of carbonyl (C=O) groups excluding carboxylic acids is 3. The van der Waals surface area contributed by atoms with E-state index in [1.54, 1.807) is 13.8 Å². The smallest absolute Gasteiger partial charge is 0.305 e. The van der Waals surface area contributed by atoms with Crippen molar-refractivity contribution in [2.75, 3.05) is 6.54 Å². The van der Waals surface area contributed by atoms with Gasteiger partial charge in [0, 0.05) is 13.1 Å². The largest absolute Gasteiger partial charge is 0.481 e. The van der Waals surface area contributed by atoms with Crippen LogP contribution in [0.5, 0.6) is 0 Å². The number of Topliss-reactive ketones (excluding diaryl/α,β-unsaturated/α-hetero) is 1. The number of nitrogens with two attached hydrogens (primary N) is 1. The average molecular weight is 363 g/mol. The summed E-state index contributed by atoms with van der Waals surface area (Å²) in [7, 11) is 0. The van der Waals surface area contributed by atoms with E-state index in [4.69, 9.17) is 10.8 Å². The van der Waals surface area contributed by atoms with Crippen LogP contribution < -0.4 is 11.1 Å². The first-order valence-corrected chi connectivity index (χ1v) is 8.38. The van der Waals surface area contributed by atoms with E-state index in [0.29, 0.717) is 6.54 Å². The molecule has 26 heavy (non-hydrogen) atoms. The number of carboxylic acids is 1. The maximum atomic E-state index is 13.1. The average Bonchev–Trinajstić information content (AvgIpc) is 2.63. The first-order chi connectivity index (χ1) is 12.3. The Bertz CT molecular complexity index is 649. The highest BCUT2D eigenvalue weighted by Crippen LogP contribution is 2.20. The molecule has 142 valence electrons. The molecule has 8 heteroatoms. The molecule has 1 aromatic carbocycles. The maximum Gasteiger partial charge on any atom is 0.305 e. The number of carboxylic acid groups (broad SMARTS) is 1. The SMILES string of the molecule is CCN(Cc1ccccc1)C(=O)[C@@](CC)(NC=O)C(=O)[C@@H](N)CC(=O)O. The molecule has 0 aliphatic carbocycles. The number of nitrogens with zero attached hydrogens (tertiary/aromatic N) is 1. The van der Waals surface area contributed by atoms with Crippen LogP contribution >= 0.6 is 0 Å². The predicted molar refractivity (Wildman–Crippen MR) is 95.0 cm³/mol. The molecule has 0 aliphatic rings. The lowest BCUT2D eigenvalue weighted by atomic mass is 9.84. The van der Waals surface area contributed by atoms with Crippen LogP contribution in [0, 0.1) is 0 Å². The van der Waals surface area contributed by atoms with Crippen LogP contribution in [-0.4, -0.2) is 52.2 Å². The molecule has 0 bridgehead atoms. The Morgan fingerprint density at radius 3 is 2.35 bits per heavy atom. The molecule has 8 nitrogen and oxygen atoms in total. The minimum atomic E-state index is -1.89. The highest BCUT2D eigenvalue weighted by molar-refractivity contribution is 6.14. The quantitative estimate of drug-likeness (QED) is 0.383. The van der Waals surface area contributed by atoms with Crippen molar-refractivity contribution in [1.29, 1.82) is 0 Å². The monoisotopic (exact) mass is 363 g/mol. The summed E-state index contributed by atoms with van der Waals surface area (Å²) in [5.41, 5.74) is 4.66. The molecule has 2 atom stereocenters. The van der Waals surface area contributed by atoms with E-state index < -0.39 is 35.7 Å². The number of aliphatic carboxylic acids is 1. The Hall–Kier alpha value is -2.74. The van der Waals surface area contributed by atoms with Crippen molar-refractivity contribution in [2.45, 2.75) is 44.8 Å². The first-order valence-electron chi connectivity index (χ1n) is 8.38. The molecular formula is C18H25N3O5. The first kappa shape index (κ1) is 21.3. The minimum absolute atomic E-state index is 0.0397. The Kier molecular flexibility index (Phi) is 7.92. The normalized spacial score (nSPS) is 14.0. The third kappa shape index (κ3) is 4.89. The van der Waals surface area contributed by atoms with Crippen LogP contribution in [0.25, 0.3) is 0 Å². The predicted octanol–water partition coefficient (Wildman–Crippen LogP) is 0.301. The van der Waals surface area contributed by atoms with Crippen LogP contribution in [0.3, 0.4) is 0 Å². The van der Waals surface area contributed by atoms with Crippen LogP contribution in [-0.2, 0) is 25.7 Å². The second-order valence-electron chi connectivity index (χ2n) is 5.89. The van der Waals surface area contributed by atoms with Gasteiger partial charge in [-0.3, -0.25) is 19.2 Å². The molecule has 0 radical (unpaired) electrons.